The van der Waals surface area contributed by atoms with Crippen LogP contribution in [0.4, 0.5) is 0 Å². The van der Waals surface area contributed by atoms with Crippen LogP contribution >= 0.6 is 0 Å². The van der Waals surface area contributed by atoms with Gasteiger partial charge in [0, 0.05) is 38.0 Å². The number of nitrogens with zero attached hydrogens (tertiary/aromatic N) is 1. The number of piperidine rings is 1. The highest BCUT2D eigenvalue weighted by Crippen LogP contribution is 2.51. The lowest BCUT2D eigenvalue weighted by Gasteiger charge is -2.54. The third-order valence-electron chi connectivity index (χ3n) is 7.27. The summed E-state index contributed by atoms with van der Waals surface area (Å²) in [6.45, 7) is 16.2. The van der Waals surface area contributed by atoms with E-state index in [0.29, 0.717) is 37.4 Å². The molecule has 1 aromatic rings. The van der Waals surface area contributed by atoms with Gasteiger partial charge in [-0.05, 0) is 49.0 Å². The molecule has 1 aliphatic heterocycles. The zero-order chi connectivity index (χ0) is 22.6. The predicted octanol–water partition coefficient (Wildman–Crippen LogP) is 4.77. The van der Waals surface area contributed by atoms with Crippen molar-refractivity contribution in [1.82, 2.24) is 4.31 Å². The van der Waals surface area contributed by atoms with E-state index < -0.39 is 23.8 Å². The van der Waals surface area contributed by atoms with Gasteiger partial charge in [0.05, 0.1) is 4.90 Å². The van der Waals surface area contributed by atoms with Gasteiger partial charge in [0.2, 0.25) is 10.0 Å². The van der Waals surface area contributed by atoms with Gasteiger partial charge < -0.3 is 4.43 Å². The van der Waals surface area contributed by atoms with Gasteiger partial charge in [0.1, 0.15) is 5.78 Å². The summed E-state index contributed by atoms with van der Waals surface area (Å²) in [6, 6.07) is 7.03. The Hall–Kier alpha value is -1.02. The highest BCUT2D eigenvalue weighted by molar-refractivity contribution is 7.89. The van der Waals surface area contributed by atoms with Gasteiger partial charge in [0.25, 0.3) is 0 Å². The van der Waals surface area contributed by atoms with E-state index in [0.717, 1.165) is 12.0 Å². The fraction of sp³-hybridized carbons (Fsp3) is 0.696. The van der Waals surface area contributed by atoms with Crippen LogP contribution in [0.5, 0.6) is 0 Å². The van der Waals surface area contributed by atoms with Crippen molar-refractivity contribution in [3.63, 3.8) is 0 Å². The summed E-state index contributed by atoms with van der Waals surface area (Å²) >= 11 is 0. The molecule has 2 fully saturated rings. The Morgan fingerprint density at radius 2 is 1.70 bits per heavy atom. The van der Waals surface area contributed by atoms with Crippen molar-refractivity contribution >= 4 is 24.1 Å². The lowest BCUT2D eigenvalue weighted by Crippen LogP contribution is -2.60. The van der Waals surface area contributed by atoms with E-state index in [1.54, 1.807) is 16.4 Å². The van der Waals surface area contributed by atoms with Gasteiger partial charge in [-0.25, -0.2) is 8.42 Å². The monoisotopic (exact) mass is 451 g/mol. The molecule has 1 saturated heterocycles. The van der Waals surface area contributed by atoms with E-state index in [4.69, 9.17) is 4.43 Å². The van der Waals surface area contributed by atoms with Gasteiger partial charge in [-0.15, -0.1) is 0 Å². The highest BCUT2D eigenvalue weighted by atomic mass is 32.2. The van der Waals surface area contributed by atoms with E-state index in [1.807, 2.05) is 19.1 Å². The Labute approximate surface area is 183 Å². The molecule has 0 amide bonds. The minimum Gasteiger partial charge on any atom is -0.416 e. The van der Waals surface area contributed by atoms with Crippen LogP contribution < -0.4 is 0 Å². The standard InChI is InChI=1S/C23H37NO4SSi/c1-18-8-10-20(11-9-18)29(26,27)24-15-22(5)12-19(25)13-23(14-22,16-24)17-28-30(6,7)21(2,3)4/h8-11H,12-17H2,1-7H3. The van der Waals surface area contributed by atoms with Gasteiger partial charge in [-0.1, -0.05) is 45.4 Å². The van der Waals surface area contributed by atoms with E-state index >= 15 is 0 Å². The Morgan fingerprint density at radius 3 is 2.27 bits per heavy atom. The van der Waals surface area contributed by atoms with Crippen LogP contribution in [0, 0.1) is 17.8 Å². The average molecular weight is 452 g/mol. The van der Waals surface area contributed by atoms with E-state index in [-0.39, 0.29) is 16.2 Å². The van der Waals surface area contributed by atoms with Crippen molar-refractivity contribution < 1.29 is 17.6 Å². The molecule has 1 aromatic carbocycles. The number of aryl methyl sites for hydroxylation is 1. The van der Waals surface area contributed by atoms with Gasteiger partial charge >= 0.3 is 0 Å². The molecule has 1 aliphatic carbocycles. The number of Topliss-reactive ketones (excluding diaryl/α,β-unsaturated/α-hetero) is 1. The summed E-state index contributed by atoms with van der Waals surface area (Å²) in [5.41, 5.74) is 0.235. The second-order valence-corrected chi connectivity index (χ2v) is 18.3. The molecule has 2 aliphatic rings. The molecule has 2 atom stereocenters. The Kier molecular flexibility index (Phi) is 5.94. The van der Waals surface area contributed by atoms with Crippen LogP contribution in [0.3, 0.4) is 0 Å². The van der Waals surface area contributed by atoms with Crippen molar-refractivity contribution in [3.8, 4) is 0 Å². The van der Waals surface area contributed by atoms with E-state index in [9.17, 15) is 13.2 Å². The average Bonchev–Trinajstić information content (AvgIpc) is 2.57. The Bertz CT molecular complexity index is 920. The first-order valence-electron chi connectivity index (χ1n) is 10.8. The summed E-state index contributed by atoms with van der Waals surface area (Å²) in [7, 11) is -5.63. The number of hydrogen-bond acceptors (Lipinski definition) is 4. The van der Waals surface area contributed by atoms with Gasteiger partial charge in [-0.3, -0.25) is 4.79 Å². The molecule has 2 unspecified atom stereocenters. The maximum Gasteiger partial charge on any atom is 0.243 e. The summed E-state index contributed by atoms with van der Waals surface area (Å²) in [5.74, 6) is 0.231. The maximum atomic E-state index is 13.5. The number of carbonyl (C=O) groups excluding carboxylic acids is 1. The first-order valence-corrected chi connectivity index (χ1v) is 15.2. The molecule has 168 valence electrons. The second kappa shape index (κ2) is 7.54. The summed E-state index contributed by atoms with van der Waals surface area (Å²) < 4.78 is 35.1. The molecular formula is C23H37NO4SSi. The number of carbonyl (C=O) groups is 1. The quantitative estimate of drug-likeness (QED) is 0.605. The second-order valence-electron chi connectivity index (χ2n) is 11.5. The minimum atomic E-state index is -3.62. The topological polar surface area (TPSA) is 63.7 Å². The smallest absolute Gasteiger partial charge is 0.243 e. The first-order chi connectivity index (χ1) is 13.6. The molecule has 7 heteroatoms. The van der Waals surface area contributed by atoms with Crippen molar-refractivity contribution in [2.75, 3.05) is 19.7 Å². The number of rotatable bonds is 5. The molecule has 0 spiro atoms. The molecule has 2 bridgehead atoms. The summed E-state index contributed by atoms with van der Waals surface area (Å²) in [6.07, 6.45) is 1.67. The normalized spacial score (nSPS) is 28.6. The molecule has 0 aromatic heterocycles. The maximum absolute atomic E-state index is 13.5. The predicted molar refractivity (Wildman–Crippen MR) is 122 cm³/mol. The first kappa shape index (κ1) is 23.6. The van der Waals surface area contributed by atoms with E-state index in [1.165, 1.54) is 0 Å². The number of fused-ring (bicyclic) bond motifs is 2. The third-order valence-corrected chi connectivity index (χ3v) is 13.6. The van der Waals surface area contributed by atoms with Crippen LogP contribution in [-0.4, -0.2) is 46.5 Å². The van der Waals surface area contributed by atoms with Crippen LogP contribution in [0.15, 0.2) is 29.2 Å². The fourth-order valence-electron chi connectivity index (χ4n) is 4.79. The molecule has 0 radical (unpaired) electrons. The van der Waals surface area contributed by atoms with Crippen LogP contribution in [0.2, 0.25) is 18.1 Å². The Morgan fingerprint density at radius 1 is 1.10 bits per heavy atom. The number of hydrogen-bond donors (Lipinski definition) is 0. The molecule has 30 heavy (non-hydrogen) atoms. The van der Waals surface area contributed by atoms with Crippen molar-refractivity contribution in [1.29, 1.82) is 0 Å². The number of benzene rings is 1. The van der Waals surface area contributed by atoms with Gasteiger partial charge in [0.15, 0.2) is 8.32 Å². The highest BCUT2D eigenvalue weighted by Gasteiger charge is 2.54. The zero-order valence-corrected chi connectivity index (χ0v) is 21.4. The molecular weight excluding hydrogens is 414 g/mol. The third kappa shape index (κ3) is 4.59. The number of ketones is 1. The Balaban J connectivity index is 1.92. The van der Waals surface area contributed by atoms with Crippen LogP contribution in [-0.2, 0) is 19.2 Å². The molecule has 3 rings (SSSR count). The van der Waals surface area contributed by atoms with Crippen LogP contribution in [0.25, 0.3) is 0 Å². The largest absolute Gasteiger partial charge is 0.416 e. The summed E-state index contributed by atoms with van der Waals surface area (Å²) in [4.78, 5) is 13.0. The summed E-state index contributed by atoms with van der Waals surface area (Å²) in [5, 5.41) is 0.0634. The molecule has 1 saturated carbocycles. The number of sulfonamides is 1. The van der Waals surface area contributed by atoms with Crippen LogP contribution in [0.1, 0.15) is 52.5 Å². The lowest BCUT2D eigenvalue weighted by atomic mass is 9.60. The molecule has 1 heterocycles. The molecule has 5 nitrogen and oxygen atoms in total. The molecule has 0 N–H and O–H groups in total. The van der Waals surface area contributed by atoms with Crippen molar-refractivity contribution in [3.05, 3.63) is 29.8 Å². The van der Waals surface area contributed by atoms with Crippen molar-refractivity contribution in [2.24, 2.45) is 10.8 Å². The van der Waals surface area contributed by atoms with Gasteiger partial charge in [-0.2, -0.15) is 4.31 Å². The fourth-order valence-corrected chi connectivity index (χ4v) is 7.60. The SMILES string of the molecule is Cc1ccc(S(=O)(=O)N2CC3(C)CC(=O)CC(CO[Si](C)(C)C(C)(C)C)(C2)C3)cc1. The zero-order valence-electron chi connectivity index (χ0n) is 19.5. The minimum absolute atomic E-state index is 0.0634. The lowest BCUT2D eigenvalue weighted by molar-refractivity contribution is -0.135. The van der Waals surface area contributed by atoms with E-state index in [2.05, 4.69) is 40.8 Å². The van der Waals surface area contributed by atoms with Crippen molar-refractivity contribution in [2.45, 2.75) is 76.9 Å².